The molecule has 0 N–H and O–H groups in total. The largest absolute Gasteiger partial charge is 0.492 e. The molecule has 0 saturated carbocycles. The molecular formula is C19H16BrN3O5. The molecule has 5 rings (SSSR count). The van der Waals surface area contributed by atoms with E-state index in [1.54, 1.807) is 25.5 Å². The molecule has 0 spiro atoms. The maximum atomic E-state index is 5.68. The number of hydrogen-bond acceptors (Lipinski definition) is 8. The molecule has 0 fully saturated rings. The van der Waals surface area contributed by atoms with Crippen LogP contribution in [0.2, 0.25) is 0 Å². The fraction of sp³-hybridized carbons (Fsp3) is 0.263. The minimum absolute atomic E-state index is 0.166. The van der Waals surface area contributed by atoms with E-state index in [0.717, 1.165) is 34.3 Å². The molecule has 9 heteroatoms. The van der Waals surface area contributed by atoms with Gasteiger partial charge in [0.1, 0.15) is 5.70 Å². The third-order valence-electron chi connectivity index (χ3n) is 4.83. The molecule has 0 saturated heterocycles. The average Bonchev–Trinajstić information content (AvgIpc) is 3.44. The lowest BCUT2D eigenvalue weighted by Gasteiger charge is -2.17. The van der Waals surface area contributed by atoms with Crippen LogP contribution in [-0.4, -0.2) is 42.5 Å². The Hall–Kier alpha value is -2.94. The van der Waals surface area contributed by atoms with E-state index in [2.05, 4.69) is 31.0 Å². The lowest BCUT2D eigenvalue weighted by atomic mass is 10.0. The molecule has 8 nitrogen and oxygen atoms in total. The van der Waals surface area contributed by atoms with Gasteiger partial charge in [0.15, 0.2) is 17.3 Å². The Balaban J connectivity index is 1.66. The number of ether oxygens (including phenoxy) is 3. The van der Waals surface area contributed by atoms with Crippen molar-refractivity contribution in [2.75, 3.05) is 27.5 Å². The number of fused-ring (bicyclic) bond motifs is 2. The summed E-state index contributed by atoms with van der Waals surface area (Å²) in [5.41, 5.74) is 2.76. The molecule has 0 radical (unpaired) electrons. The van der Waals surface area contributed by atoms with Crippen LogP contribution in [0.1, 0.15) is 17.0 Å². The van der Waals surface area contributed by atoms with Crippen LogP contribution in [0, 0.1) is 0 Å². The van der Waals surface area contributed by atoms with E-state index in [-0.39, 0.29) is 6.79 Å². The Morgan fingerprint density at radius 2 is 2.11 bits per heavy atom. The lowest BCUT2D eigenvalue weighted by Crippen LogP contribution is -2.18. The van der Waals surface area contributed by atoms with Gasteiger partial charge in [-0.1, -0.05) is 5.16 Å². The van der Waals surface area contributed by atoms with Gasteiger partial charge in [-0.3, -0.25) is 0 Å². The molecule has 0 atom stereocenters. The molecule has 3 aromatic rings. The molecule has 0 amide bonds. The quantitative estimate of drug-likeness (QED) is 0.601. The molecule has 2 aliphatic heterocycles. The van der Waals surface area contributed by atoms with E-state index in [1.165, 1.54) is 0 Å². The second-order valence-corrected chi connectivity index (χ2v) is 7.20. The zero-order valence-electron chi connectivity index (χ0n) is 15.2. The third-order valence-corrected chi connectivity index (χ3v) is 5.67. The highest BCUT2D eigenvalue weighted by molar-refractivity contribution is 9.10. The summed E-state index contributed by atoms with van der Waals surface area (Å²) in [5.74, 6) is 3.25. The molecule has 0 aliphatic carbocycles. The maximum absolute atomic E-state index is 5.68. The van der Waals surface area contributed by atoms with Gasteiger partial charge in [-0.15, -0.1) is 0 Å². The van der Waals surface area contributed by atoms with Gasteiger partial charge in [0.25, 0.3) is 5.89 Å². The molecule has 28 heavy (non-hydrogen) atoms. The predicted molar refractivity (Wildman–Crippen MR) is 103 cm³/mol. The van der Waals surface area contributed by atoms with Gasteiger partial charge in [-0.05, 0) is 46.1 Å². The van der Waals surface area contributed by atoms with Crippen LogP contribution in [0.3, 0.4) is 0 Å². The average molecular weight is 446 g/mol. The molecule has 2 aromatic heterocycles. The van der Waals surface area contributed by atoms with Gasteiger partial charge < -0.3 is 28.1 Å². The highest BCUT2D eigenvalue weighted by Crippen LogP contribution is 2.52. The normalized spacial score (nSPS) is 15.2. The summed E-state index contributed by atoms with van der Waals surface area (Å²) in [6, 6.07) is 3.57. The first kappa shape index (κ1) is 17.2. The Morgan fingerprint density at radius 3 is 2.89 bits per heavy atom. The van der Waals surface area contributed by atoms with Crippen LogP contribution < -0.4 is 14.2 Å². The summed E-state index contributed by atoms with van der Waals surface area (Å²) in [7, 11) is 3.60. The summed E-state index contributed by atoms with van der Waals surface area (Å²) < 4.78 is 28.7. The molecule has 4 heterocycles. The number of hydrogen-bond donors (Lipinski definition) is 0. The van der Waals surface area contributed by atoms with Crippen LogP contribution in [0.25, 0.3) is 23.4 Å². The number of furan rings is 1. The van der Waals surface area contributed by atoms with Crippen LogP contribution in [0.15, 0.2) is 31.8 Å². The van der Waals surface area contributed by atoms with Crippen molar-refractivity contribution in [1.82, 2.24) is 15.0 Å². The Bertz CT molecular complexity index is 1070. The zero-order valence-corrected chi connectivity index (χ0v) is 16.8. The molecule has 0 bridgehead atoms. The number of methoxy groups -OCH3 is 1. The second-order valence-electron chi connectivity index (χ2n) is 6.41. The van der Waals surface area contributed by atoms with Gasteiger partial charge in [-0.2, -0.15) is 4.98 Å². The summed E-state index contributed by atoms with van der Waals surface area (Å²) >= 11 is 3.67. The number of aromatic nitrogens is 2. The van der Waals surface area contributed by atoms with Gasteiger partial charge in [0, 0.05) is 19.2 Å². The number of halogens is 1. The number of rotatable bonds is 3. The van der Waals surface area contributed by atoms with Gasteiger partial charge in [-0.25, -0.2) is 0 Å². The zero-order chi connectivity index (χ0) is 19.3. The summed E-state index contributed by atoms with van der Waals surface area (Å²) in [5, 5.41) is 4.04. The van der Waals surface area contributed by atoms with E-state index in [4.69, 9.17) is 23.2 Å². The fourth-order valence-corrected chi connectivity index (χ4v) is 4.14. The van der Waals surface area contributed by atoms with Crippen molar-refractivity contribution in [3.8, 4) is 28.8 Å². The smallest absolute Gasteiger partial charge is 0.274 e. The Kier molecular flexibility index (Phi) is 4.04. The standard InChI is InChI=1S/C19H16BrN3O5/c1-23-6-5-10-11(15(24-2)17-16(14(10)20)26-9-27-17)8-12(23)19-21-18(22-28-19)13-4-3-7-25-13/h3-4,7-8H,5-6,9H2,1-2H3. The van der Waals surface area contributed by atoms with E-state index >= 15 is 0 Å². The van der Waals surface area contributed by atoms with Crippen LogP contribution in [0.5, 0.6) is 17.2 Å². The first-order valence-electron chi connectivity index (χ1n) is 8.66. The van der Waals surface area contributed by atoms with Crippen molar-refractivity contribution in [2.24, 2.45) is 0 Å². The van der Waals surface area contributed by atoms with Crippen molar-refractivity contribution in [3.05, 3.63) is 39.9 Å². The first-order chi connectivity index (χ1) is 13.7. The number of likely N-dealkylation sites (N-methyl/N-ethyl adjacent to an activating group) is 1. The van der Waals surface area contributed by atoms with E-state index < -0.39 is 0 Å². The van der Waals surface area contributed by atoms with Gasteiger partial charge in [0.05, 0.1) is 17.8 Å². The maximum Gasteiger partial charge on any atom is 0.274 e. The van der Waals surface area contributed by atoms with Gasteiger partial charge >= 0.3 is 0 Å². The van der Waals surface area contributed by atoms with Crippen LogP contribution in [-0.2, 0) is 6.42 Å². The first-order valence-corrected chi connectivity index (χ1v) is 9.45. The van der Waals surface area contributed by atoms with Gasteiger partial charge in [0.2, 0.25) is 18.4 Å². The Morgan fingerprint density at radius 1 is 1.25 bits per heavy atom. The van der Waals surface area contributed by atoms with Crippen molar-refractivity contribution >= 4 is 27.7 Å². The van der Waals surface area contributed by atoms with E-state index in [1.807, 2.05) is 13.1 Å². The number of benzene rings is 1. The summed E-state index contributed by atoms with van der Waals surface area (Å²) in [6.45, 7) is 0.915. The summed E-state index contributed by atoms with van der Waals surface area (Å²) in [4.78, 5) is 6.57. The van der Waals surface area contributed by atoms with Crippen molar-refractivity contribution < 1.29 is 23.2 Å². The lowest BCUT2D eigenvalue weighted by molar-refractivity contribution is 0.170. The van der Waals surface area contributed by atoms with Crippen LogP contribution >= 0.6 is 15.9 Å². The third kappa shape index (κ3) is 2.57. The highest BCUT2D eigenvalue weighted by Gasteiger charge is 2.31. The molecular weight excluding hydrogens is 430 g/mol. The highest BCUT2D eigenvalue weighted by atomic mass is 79.9. The SMILES string of the molecule is COc1c2c(c(Br)c3c1OCO3)CCN(C)C(c1nc(-c3ccco3)no1)=C2. The van der Waals surface area contributed by atoms with Crippen molar-refractivity contribution in [2.45, 2.75) is 6.42 Å². The predicted octanol–water partition coefficient (Wildman–Crippen LogP) is 3.82. The monoisotopic (exact) mass is 445 g/mol. The fourth-order valence-electron chi connectivity index (χ4n) is 3.43. The second kappa shape index (κ2) is 6.59. The van der Waals surface area contributed by atoms with Crippen molar-refractivity contribution in [3.63, 3.8) is 0 Å². The Labute approximate surface area is 168 Å². The van der Waals surface area contributed by atoms with Crippen LogP contribution in [0.4, 0.5) is 0 Å². The topological polar surface area (TPSA) is 83.0 Å². The molecule has 0 unspecified atom stereocenters. The minimum atomic E-state index is 0.166. The van der Waals surface area contributed by atoms with E-state index in [0.29, 0.717) is 34.7 Å². The van der Waals surface area contributed by atoms with E-state index in [9.17, 15) is 0 Å². The number of nitrogens with zero attached hydrogens (tertiary/aromatic N) is 3. The van der Waals surface area contributed by atoms with Crippen molar-refractivity contribution in [1.29, 1.82) is 0 Å². The molecule has 1 aromatic carbocycles. The molecule has 144 valence electrons. The molecule has 2 aliphatic rings. The minimum Gasteiger partial charge on any atom is -0.492 e. The summed E-state index contributed by atoms with van der Waals surface area (Å²) in [6.07, 6.45) is 4.33.